The molecule has 9 heteroatoms. The third kappa shape index (κ3) is 5.77. The van der Waals surface area contributed by atoms with Crippen LogP contribution in [-0.4, -0.2) is 28.7 Å². The predicted molar refractivity (Wildman–Crippen MR) is 130 cm³/mol. The number of ether oxygens (including phenoxy) is 1. The van der Waals surface area contributed by atoms with Gasteiger partial charge in [-0.2, -0.15) is 0 Å². The summed E-state index contributed by atoms with van der Waals surface area (Å²) in [7, 11) is 0. The standard InChI is InChI=1S/C22H25N5O2.2ClH/c1-3-12(2)29-19(28)11-17-16-9-8-15(22(25)26)10-18(16)27-20(17)13-4-6-14(7-5-13)21(23)24;;/h4-10,12,27H,3,11H2,1-2H3,(H3,23,24)(H3,25,26);2*1H. The fourth-order valence-corrected chi connectivity index (χ4v) is 3.16. The fraction of sp³-hybridized carbons (Fsp3) is 0.227. The monoisotopic (exact) mass is 463 g/mol. The summed E-state index contributed by atoms with van der Waals surface area (Å²) in [5.74, 6) is -0.319. The Morgan fingerprint density at radius 1 is 1.03 bits per heavy atom. The molecule has 0 fully saturated rings. The molecule has 0 aliphatic carbocycles. The zero-order valence-corrected chi connectivity index (χ0v) is 19.0. The van der Waals surface area contributed by atoms with Gasteiger partial charge in [-0.1, -0.05) is 43.3 Å². The van der Waals surface area contributed by atoms with E-state index in [0.717, 1.165) is 34.1 Å². The highest BCUT2D eigenvalue weighted by Gasteiger charge is 2.19. The molecule has 7 N–H and O–H groups in total. The second-order valence-electron chi connectivity index (χ2n) is 7.03. The van der Waals surface area contributed by atoms with Crippen LogP contribution in [0.15, 0.2) is 42.5 Å². The van der Waals surface area contributed by atoms with Crippen LogP contribution < -0.4 is 11.5 Å². The molecular weight excluding hydrogens is 437 g/mol. The lowest BCUT2D eigenvalue weighted by Crippen LogP contribution is -2.16. The molecule has 0 aliphatic rings. The van der Waals surface area contributed by atoms with Gasteiger partial charge in [-0.3, -0.25) is 15.6 Å². The minimum atomic E-state index is -0.294. The van der Waals surface area contributed by atoms with Crippen molar-refractivity contribution in [2.75, 3.05) is 0 Å². The Kier molecular flexibility index (Phi) is 9.09. The number of fused-ring (bicyclic) bond motifs is 1. The summed E-state index contributed by atoms with van der Waals surface area (Å²) < 4.78 is 5.47. The number of nitrogen functional groups attached to an aromatic ring is 2. The molecule has 0 spiro atoms. The summed E-state index contributed by atoms with van der Waals surface area (Å²) in [5, 5.41) is 16.1. The number of esters is 1. The van der Waals surface area contributed by atoms with Crippen molar-refractivity contribution in [1.82, 2.24) is 4.98 Å². The number of aromatic amines is 1. The Morgan fingerprint density at radius 2 is 1.61 bits per heavy atom. The van der Waals surface area contributed by atoms with E-state index in [4.69, 9.17) is 27.0 Å². The highest BCUT2D eigenvalue weighted by atomic mass is 35.5. The van der Waals surface area contributed by atoms with E-state index in [2.05, 4.69) is 4.98 Å². The number of carbonyl (C=O) groups is 1. The first-order valence-electron chi connectivity index (χ1n) is 9.43. The molecule has 0 amide bonds. The van der Waals surface area contributed by atoms with Crippen LogP contribution in [0.25, 0.3) is 22.2 Å². The van der Waals surface area contributed by atoms with Crippen molar-refractivity contribution in [3.05, 3.63) is 59.2 Å². The Morgan fingerprint density at radius 3 is 2.16 bits per heavy atom. The minimum absolute atomic E-state index is 0. The van der Waals surface area contributed by atoms with E-state index in [9.17, 15) is 4.79 Å². The Balaban J connectivity index is 0.00000240. The molecule has 3 aromatic rings. The van der Waals surface area contributed by atoms with E-state index in [-0.39, 0.29) is 55.0 Å². The molecule has 0 saturated carbocycles. The van der Waals surface area contributed by atoms with Crippen molar-refractivity contribution in [1.29, 1.82) is 10.8 Å². The number of nitrogens with one attached hydrogen (secondary N) is 3. The van der Waals surface area contributed by atoms with Crippen molar-refractivity contribution in [3.8, 4) is 11.3 Å². The first-order chi connectivity index (χ1) is 13.8. The Labute approximate surface area is 193 Å². The van der Waals surface area contributed by atoms with Crippen molar-refractivity contribution in [2.24, 2.45) is 11.5 Å². The number of rotatable bonds is 7. The van der Waals surface area contributed by atoms with E-state index in [1.807, 2.05) is 32.0 Å². The predicted octanol–water partition coefficient (Wildman–Crippen LogP) is 4.13. The molecule has 0 radical (unpaired) electrons. The van der Waals surface area contributed by atoms with E-state index in [1.54, 1.807) is 24.3 Å². The maximum absolute atomic E-state index is 12.5. The van der Waals surface area contributed by atoms with Crippen LogP contribution in [0.3, 0.4) is 0 Å². The maximum atomic E-state index is 12.5. The highest BCUT2D eigenvalue weighted by Crippen LogP contribution is 2.32. The van der Waals surface area contributed by atoms with Crippen molar-refractivity contribution >= 4 is 53.4 Å². The van der Waals surface area contributed by atoms with Gasteiger partial charge in [0.1, 0.15) is 11.7 Å². The summed E-state index contributed by atoms with van der Waals surface area (Å²) in [6.07, 6.45) is 0.726. The van der Waals surface area contributed by atoms with E-state index < -0.39 is 0 Å². The number of aromatic nitrogens is 1. The zero-order valence-electron chi connectivity index (χ0n) is 17.3. The summed E-state index contributed by atoms with van der Waals surface area (Å²) in [6.45, 7) is 3.84. The second kappa shape index (κ2) is 10.8. The van der Waals surface area contributed by atoms with Crippen LogP contribution in [0, 0.1) is 10.8 Å². The van der Waals surface area contributed by atoms with Crippen molar-refractivity contribution in [3.63, 3.8) is 0 Å². The van der Waals surface area contributed by atoms with Gasteiger partial charge in [-0.15, -0.1) is 24.8 Å². The maximum Gasteiger partial charge on any atom is 0.310 e. The number of H-pyrrole nitrogens is 1. The second-order valence-corrected chi connectivity index (χ2v) is 7.03. The van der Waals surface area contributed by atoms with Crippen molar-refractivity contribution in [2.45, 2.75) is 32.8 Å². The molecule has 3 rings (SSSR count). The summed E-state index contributed by atoms with van der Waals surface area (Å²) in [5.41, 5.74) is 15.7. The van der Waals surface area contributed by atoms with E-state index in [1.165, 1.54) is 0 Å². The van der Waals surface area contributed by atoms with Gasteiger partial charge in [0.2, 0.25) is 0 Å². The molecule has 1 unspecified atom stereocenters. The summed E-state index contributed by atoms with van der Waals surface area (Å²) >= 11 is 0. The Hall–Kier alpha value is -3.03. The quantitative estimate of drug-likeness (QED) is 0.204. The largest absolute Gasteiger partial charge is 0.462 e. The SMILES string of the molecule is CCC(C)OC(=O)Cc1c(-c2ccc(C(=N)N)cc2)[nH]c2cc(C(=N)N)ccc12.Cl.Cl. The third-order valence-electron chi connectivity index (χ3n) is 4.93. The molecule has 2 aromatic carbocycles. The summed E-state index contributed by atoms with van der Waals surface area (Å²) in [6, 6.07) is 12.7. The molecule has 0 bridgehead atoms. The van der Waals surface area contributed by atoms with Gasteiger partial charge in [-0.05, 0) is 30.5 Å². The van der Waals surface area contributed by atoms with Gasteiger partial charge in [0.05, 0.1) is 18.2 Å². The number of hydrogen-bond donors (Lipinski definition) is 5. The molecule has 1 heterocycles. The number of benzene rings is 2. The molecule has 1 atom stereocenters. The van der Waals surface area contributed by atoms with Crippen molar-refractivity contribution < 1.29 is 9.53 Å². The molecule has 0 aliphatic heterocycles. The summed E-state index contributed by atoms with van der Waals surface area (Å²) in [4.78, 5) is 15.8. The zero-order chi connectivity index (χ0) is 21.1. The van der Waals surface area contributed by atoms with Gasteiger partial charge in [0, 0.05) is 22.0 Å². The lowest BCUT2D eigenvalue weighted by molar-refractivity contribution is -0.147. The molecule has 7 nitrogen and oxygen atoms in total. The molecule has 166 valence electrons. The molecule has 31 heavy (non-hydrogen) atoms. The van der Waals surface area contributed by atoms with E-state index in [0.29, 0.717) is 11.1 Å². The molecular formula is C22H27Cl2N5O2. The number of halogens is 2. The van der Waals surface area contributed by atoms with Crippen LogP contribution in [-0.2, 0) is 16.0 Å². The molecule has 1 aromatic heterocycles. The number of amidine groups is 2. The lowest BCUT2D eigenvalue weighted by atomic mass is 10.0. The number of nitrogens with two attached hydrogens (primary N) is 2. The van der Waals surface area contributed by atoms with Gasteiger partial charge < -0.3 is 21.2 Å². The smallest absolute Gasteiger partial charge is 0.310 e. The average molecular weight is 464 g/mol. The number of hydrogen-bond acceptors (Lipinski definition) is 4. The number of carbonyl (C=O) groups excluding carboxylic acids is 1. The van der Waals surface area contributed by atoms with Crippen LogP contribution in [0.4, 0.5) is 0 Å². The highest BCUT2D eigenvalue weighted by molar-refractivity contribution is 6.01. The first-order valence-corrected chi connectivity index (χ1v) is 9.43. The van der Waals surface area contributed by atoms with Crippen LogP contribution >= 0.6 is 24.8 Å². The van der Waals surface area contributed by atoms with E-state index >= 15 is 0 Å². The van der Waals surface area contributed by atoms with Gasteiger partial charge in [0.15, 0.2) is 0 Å². The first kappa shape index (κ1) is 26.0. The fourth-order valence-electron chi connectivity index (χ4n) is 3.16. The molecule has 0 saturated heterocycles. The average Bonchev–Trinajstić information content (AvgIpc) is 3.05. The van der Waals surface area contributed by atoms with Crippen LogP contribution in [0.5, 0.6) is 0 Å². The van der Waals surface area contributed by atoms with Gasteiger partial charge >= 0.3 is 5.97 Å². The normalized spacial score (nSPS) is 11.2. The van der Waals surface area contributed by atoms with Crippen LogP contribution in [0.1, 0.15) is 37.0 Å². The third-order valence-corrected chi connectivity index (χ3v) is 4.93. The Bertz CT molecular complexity index is 1090. The lowest BCUT2D eigenvalue weighted by Gasteiger charge is -2.11. The minimum Gasteiger partial charge on any atom is -0.462 e. The van der Waals surface area contributed by atoms with Crippen LogP contribution in [0.2, 0.25) is 0 Å². The van der Waals surface area contributed by atoms with Gasteiger partial charge in [-0.25, -0.2) is 0 Å². The topological polar surface area (TPSA) is 142 Å². The van der Waals surface area contributed by atoms with Gasteiger partial charge in [0.25, 0.3) is 0 Å².